The van der Waals surface area contributed by atoms with Crippen LogP contribution in [-0.2, 0) is 0 Å². The van der Waals surface area contributed by atoms with Crippen LogP contribution >= 0.6 is 11.3 Å². The van der Waals surface area contributed by atoms with Crippen molar-refractivity contribution in [1.29, 1.82) is 0 Å². The molecule has 0 saturated heterocycles. The van der Waals surface area contributed by atoms with Gasteiger partial charge in [0.25, 0.3) is 0 Å². The molecule has 35 heavy (non-hydrogen) atoms. The fraction of sp³-hybridized carbons (Fsp3) is 0.440. The first-order valence-electron chi connectivity index (χ1n) is 11.9. The molecule has 10 heteroatoms. The second-order valence-corrected chi connectivity index (χ2v) is 9.86. The third kappa shape index (κ3) is 7.63. The molecule has 0 aliphatic heterocycles. The second-order valence-electron chi connectivity index (χ2n) is 8.83. The van der Waals surface area contributed by atoms with Crippen molar-refractivity contribution in [3.8, 4) is 21.8 Å². The lowest BCUT2D eigenvalue weighted by molar-refractivity contribution is 0.238. The van der Waals surface area contributed by atoms with Crippen LogP contribution in [-0.4, -0.2) is 65.7 Å². The number of urea groups is 1. The van der Waals surface area contributed by atoms with E-state index in [9.17, 15) is 4.79 Å². The monoisotopic (exact) mass is 496 g/mol. The molecule has 0 spiro atoms. The summed E-state index contributed by atoms with van der Waals surface area (Å²) in [5, 5.41) is 13.4. The minimum atomic E-state index is -0.202. The van der Waals surface area contributed by atoms with Crippen LogP contribution in [0.25, 0.3) is 21.8 Å². The van der Waals surface area contributed by atoms with Gasteiger partial charge in [-0.15, -0.1) is 0 Å². The smallest absolute Gasteiger partial charge is 0.315 e. The van der Waals surface area contributed by atoms with Gasteiger partial charge in [-0.05, 0) is 53.4 Å². The van der Waals surface area contributed by atoms with Crippen LogP contribution in [0.15, 0.2) is 36.5 Å². The Balaban J connectivity index is 2.00. The molecule has 0 saturated carbocycles. The van der Waals surface area contributed by atoms with Crippen LogP contribution in [0.4, 0.5) is 15.9 Å². The van der Waals surface area contributed by atoms with E-state index in [1.165, 1.54) is 0 Å². The van der Waals surface area contributed by atoms with Crippen LogP contribution < -0.4 is 21.3 Å². The van der Waals surface area contributed by atoms with E-state index in [0.717, 1.165) is 45.6 Å². The fourth-order valence-electron chi connectivity index (χ4n) is 3.48. The molecule has 1 atom stereocenters. The average molecular weight is 497 g/mol. The maximum atomic E-state index is 12.1. The van der Waals surface area contributed by atoms with Crippen molar-refractivity contribution >= 4 is 28.4 Å². The van der Waals surface area contributed by atoms with Crippen molar-refractivity contribution in [2.45, 2.75) is 39.8 Å². The number of nitrogens with one attached hydrogen (secondary N) is 4. The minimum Gasteiger partial charge on any atom is -0.359 e. The first kappa shape index (κ1) is 26.4. The number of likely N-dealkylation sites (N-methyl/N-ethyl adjacent to an activating group) is 1. The molecular formula is C25H36N8OS. The Morgan fingerprint density at radius 1 is 1.11 bits per heavy atom. The summed E-state index contributed by atoms with van der Waals surface area (Å²) < 4.78 is 0. The Morgan fingerprint density at radius 2 is 1.86 bits per heavy atom. The van der Waals surface area contributed by atoms with E-state index in [1.54, 1.807) is 11.3 Å². The topological polar surface area (TPSA) is 107 Å². The highest BCUT2D eigenvalue weighted by Gasteiger charge is 2.17. The van der Waals surface area contributed by atoms with Gasteiger partial charge in [0.1, 0.15) is 0 Å². The fourth-order valence-corrected chi connectivity index (χ4v) is 4.40. The van der Waals surface area contributed by atoms with Crippen molar-refractivity contribution in [2.24, 2.45) is 0 Å². The van der Waals surface area contributed by atoms with Crippen LogP contribution in [0.3, 0.4) is 0 Å². The van der Waals surface area contributed by atoms with Gasteiger partial charge in [0, 0.05) is 37.4 Å². The molecule has 0 fully saturated rings. The minimum absolute atomic E-state index is 0.195. The Bertz CT molecular complexity index is 1110. The van der Waals surface area contributed by atoms with Gasteiger partial charge in [-0.3, -0.25) is 0 Å². The summed E-state index contributed by atoms with van der Waals surface area (Å²) in [6, 6.07) is 9.89. The summed E-state index contributed by atoms with van der Waals surface area (Å²) in [5.41, 5.74) is 3.51. The zero-order chi connectivity index (χ0) is 25.4. The summed E-state index contributed by atoms with van der Waals surface area (Å²) in [5.74, 6) is 0.560. The molecule has 9 nitrogen and oxygen atoms in total. The number of nitrogens with zero attached hydrogens (tertiary/aromatic N) is 4. The highest BCUT2D eigenvalue weighted by Crippen LogP contribution is 2.33. The van der Waals surface area contributed by atoms with Crippen LogP contribution in [0.1, 0.15) is 39.3 Å². The van der Waals surface area contributed by atoms with Gasteiger partial charge in [-0.25, -0.2) is 19.7 Å². The summed E-state index contributed by atoms with van der Waals surface area (Å²) in [4.78, 5) is 29.3. The highest BCUT2D eigenvalue weighted by atomic mass is 32.1. The van der Waals surface area contributed by atoms with Gasteiger partial charge in [-0.1, -0.05) is 35.6 Å². The molecule has 0 aliphatic carbocycles. The molecule has 3 rings (SSSR count). The highest BCUT2D eigenvalue weighted by molar-refractivity contribution is 7.18. The third-order valence-corrected chi connectivity index (χ3v) is 6.08. The zero-order valence-corrected chi connectivity index (χ0v) is 22.2. The lowest BCUT2D eigenvalue weighted by atomic mass is 9.98. The largest absolute Gasteiger partial charge is 0.359 e. The summed E-state index contributed by atoms with van der Waals surface area (Å²) in [6.07, 6.45) is 1.84. The van der Waals surface area contributed by atoms with E-state index in [1.807, 2.05) is 64.5 Å². The average Bonchev–Trinajstić information content (AvgIpc) is 3.26. The normalized spacial score (nSPS) is 12.0. The maximum absolute atomic E-state index is 12.1. The van der Waals surface area contributed by atoms with Crippen molar-refractivity contribution in [1.82, 2.24) is 30.5 Å². The molecule has 188 valence electrons. The van der Waals surface area contributed by atoms with E-state index in [0.29, 0.717) is 18.5 Å². The third-order valence-electron chi connectivity index (χ3n) is 5.13. The lowest BCUT2D eigenvalue weighted by Gasteiger charge is -2.19. The SMILES string of the molecule is CCNC(=O)NC(C)c1ccccc1-c1cc(-c2cnc(NC(C)C)s2)nc(NCCN(C)C)n1. The quantitative estimate of drug-likeness (QED) is 0.311. The number of hydrogen-bond acceptors (Lipinski definition) is 8. The van der Waals surface area contributed by atoms with E-state index >= 15 is 0 Å². The van der Waals surface area contributed by atoms with Gasteiger partial charge < -0.3 is 26.2 Å². The molecule has 1 unspecified atom stereocenters. The van der Waals surface area contributed by atoms with E-state index in [-0.39, 0.29) is 12.1 Å². The van der Waals surface area contributed by atoms with Crippen molar-refractivity contribution in [2.75, 3.05) is 44.4 Å². The Hall–Kier alpha value is -3.24. The van der Waals surface area contributed by atoms with Crippen LogP contribution in [0, 0.1) is 0 Å². The number of benzene rings is 1. The Morgan fingerprint density at radius 3 is 2.57 bits per heavy atom. The molecule has 0 aliphatic rings. The molecular weight excluding hydrogens is 460 g/mol. The molecule has 3 aromatic rings. The molecule has 4 N–H and O–H groups in total. The zero-order valence-electron chi connectivity index (χ0n) is 21.3. The van der Waals surface area contributed by atoms with Gasteiger partial charge in [0.2, 0.25) is 5.95 Å². The first-order valence-corrected chi connectivity index (χ1v) is 12.7. The predicted molar refractivity (Wildman–Crippen MR) is 145 cm³/mol. The van der Waals surface area contributed by atoms with E-state index in [2.05, 4.69) is 45.0 Å². The van der Waals surface area contributed by atoms with Crippen LogP contribution in [0.2, 0.25) is 0 Å². The summed E-state index contributed by atoms with van der Waals surface area (Å²) >= 11 is 1.57. The maximum Gasteiger partial charge on any atom is 0.315 e. The molecule has 2 aromatic heterocycles. The van der Waals surface area contributed by atoms with Gasteiger partial charge in [-0.2, -0.15) is 0 Å². The number of carbonyl (C=O) groups is 1. The van der Waals surface area contributed by atoms with Gasteiger partial charge in [0.05, 0.1) is 22.3 Å². The number of anilines is 2. The van der Waals surface area contributed by atoms with Gasteiger partial charge >= 0.3 is 6.03 Å². The van der Waals surface area contributed by atoms with Crippen molar-refractivity contribution < 1.29 is 4.79 Å². The molecule has 0 radical (unpaired) electrons. The van der Waals surface area contributed by atoms with Crippen molar-refractivity contribution in [3.63, 3.8) is 0 Å². The lowest BCUT2D eigenvalue weighted by Crippen LogP contribution is -2.36. The number of thiazole rings is 1. The van der Waals surface area contributed by atoms with Gasteiger partial charge in [0.15, 0.2) is 5.13 Å². The number of hydrogen-bond donors (Lipinski definition) is 4. The molecule has 0 bridgehead atoms. The number of aromatic nitrogens is 3. The molecule has 1 aromatic carbocycles. The summed E-state index contributed by atoms with van der Waals surface area (Å²) in [7, 11) is 4.06. The number of amides is 2. The molecule has 2 heterocycles. The predicted octanol–water partition coefficient (Wildman–Crippen LogP) is 4.44. The Labute approximate surface area is 211 Å². The van der Waals surface area contributed by atoms with E-state index in [4.69, 9.17) is 9.97 Å². The van der Waals surface area contributed by atoms with Crippen LogP contribution in [0.5, 0.6) is 0 Å². The standard InChI is InChI=1S/C25H36N8OS/c1-7-26-24(34)30-17(4)18-10-8-9-11-19(18)20-14-21(22-15-28-25(35-22)29-16(2)3)32-23(31-20)27-12-13-33(5)6/h8-11,14-17H,7,12-13H2,1-6H3,(H,28,29)(H2,26,30,34)(H,27,31,32). The number of carbonyl (C=O) groups excluding carboxylic acids is 1. The number of rotatable bonds is 11. The summed E-state index contributed by atoms with van der Waals surface area (Å²) in [6.45, 7) is 10.2. The first-order chi connectivity index (χ1) is 16.8. The Kier molecular flexibility index (Phi) is 9.39. The van der Waals surface area contributed by atoms with Crippen molar-refractivity contribution in [3.05, 3.63) is 42.1 Å². The van der Waals surface area contributed by atoms with E-state index < -0.39 is 0 Å². The molecule has 2 amide bonds. The second kappa shape index (κ2) is 12.5.